The third kappa shape index (κ3) is 3.01. The highest BCUT2D eigenvalue weighted by Crippen LogP contribution is 2.31. The number of fused-ring (bicyclic) bond motifs is 7. The van der Waals surface area contributed by atoms with Crippen molar-refractivity contribution in [1.29, 1.82) is 0 Å². The lowest BCUT2D eigenvalue weighted by atomic mass is 10.1. The van der Waals surface area contributed by atoms with E-state index in [0.717, 1.165) is 21.8 Å². The molecule has 6 nitrogen and oxygen atoms in total. The Hall–Kier alpha value is -4.16. The van der Waals surface area contributed by atoms with Crippen LogP contribution in [0, 0.1) is 0 Å². The van der Waals surface area contributed by atoms with Crippen molar-refractivity contribution in [2.45, 2.75) is 0 Å². The van der Waals surface area contributed by atoms with E-state index in [1.807, 2.05) is 24.3 Å². The largest absolute Gasteiger partial charge is 0.423 e. The molecule has 6 rings (SSSR count). The number of ether oxygens (including phenoxy) is 1. The Balaban J connectivity index is 1.53. The van der Waals surface area contributed by atoms with Crippen molar-refractivity contribution in [3.8, 4) is 5.75 Å². The van der Waals surface area contributed by atoms with Gasteiger partial charge >= 0.3 is 5.97 Å². The number of hydrogen-bond acceptors (Lipinski definition) is 6. The van der Waals surface area contributed by atoms with Crippen LogP contribution < -0.4 is 4.74 Å². The minimum Gasteiger partial charge on any atom is -0.423 e. The standard InChI is InChI=1S/C25H13ClN4O2/c26-15-6-8-16(9-7-15)32-25(31)14-5-10-19-20(13-14)30-24-22-18(4-2-12-28-22)17-3-1-11-27-21(17)23(24)29-19/h1-13H. The summed E-state index contributed by atoms with van der Waals surface area (Å²) in [6, 6.07) is 19.5. The summed E-state index contributed by atoms with van der Waals surface area (Å²) in [6.07, 6.45) is 3.47. The topological polar surface area (TPSA) is 77.9 Å². The van der Waals surface area contributed by atoms with Gasteiger partial charge < -0.3 is 4.74 Å². The molecule has 0 fully saturated rings. The number of carbonyl (C=O) groups is 1. The molecule has 0 atom stereocenters. The predicted octanol–water partition coefficient (Wildman–Crippen LogP) is 5.75. The van der Waals surface area contributed by atoms with Gasteiger partial charge in [-0.1, -0.05) is 23.7 Å². The van der Waals surface area contributed by atoms with E-state index in [0.29, 0.717) is 38.4 Å². The lowest BCUT2D eigenvalue weighted by molar-refractivity contribution is 0.0735. The molecule has 0 spiro atoms. The number of benzene rings is 3. The van der Waals surface area contributed by atoms with Crippen molar-refractivity contribution in [1.82, 2.24) is 19.9 Å². The van der Waals surface area contributed by atoms with Crippen LogP contribution in [0.25, 0.3) is 43.9 Å². The van der Waals surface area contributed by atoms with E-state index in [1.165, 1.54) is 0 Å². The van der Waals surface area contributed by atoms with Crippen molar-refractivity contribution in [3.05, 3.63) is 89.7 Å². The smallest absolute Gasteiger partial charge is 0.343 e. The summed E-state index contributed by atoms with van der Waals surface area (Å²) in [6.45, 7) is 0. The molecule has 0 saturated carbocycles. The number of rotatable bonds is 2. The molecule has 0 bridgehead atoms. The minimum absolute atomic E-state index is 0.372. The molecule has 0 N–H and O–H groups in total. The lowest BCUT2D eigenvalue weighted by Gasteiger charge is -2.09. The zero-order valence-electron chi connectivity index (χ0n) is 16.5. The molecule has 3 aromatic heterocycles. The van der Waals surface area contributed by atoms with Gasteiger partial charge in [0, 0.05) is 28.2 Å². The first kappa shape index (κ1) is 18.6. The van der Waals surface area contributed by atoms with Crippen LogP contribution in [0.1, 0.15) is 10.4 Å². The number of hydrogen-bond donors (Lipinski definition) is 0. The molecule has 7 heteroatoms. The molecular formula is C25H13ClN4O2. The number of aromatic nitrogens is 4. The van der Waals surface area contributed by atoms with E-state index in [4.69, 9.17) is 26.3 Å². The van der Waals surface area contributed by atoms with E-state index in [2.05, 4.69) is 9.97 Å². The average molecular weight is 437 g/mol. The first-order valence-corrected chi connectivity index (χ1v) is 10.3. The van der Waals surface area contributed by atoms with Gasteiger partial charge in [-0.3, -0.25) is 9.97 Å². The maximum atomic E-state index is 12.7. The van der Waals surface area contributed by atoms with Crippen molar-refractivity contribution >= 4 is 61.4 Å². The van der Waals surface area contributed by atoms with Crippen LogP contribution in [-0.4, -0.2) is 25.9 Å². The van der Waals surface area contributed by atoms with Crippen LogP contribution in [-0.2, 0) is 0 Å². The Bertz CT molecular complexity index is 1680. The number of esters is 1. The Labute approximate surface area is 186 Å². The van der Waals surface area contributed by atoms with Gasteiger partial charge in [-0.15, -0.1) is 0 Å². The van der Waals surface area contributed by atoms with Crippen molar-refractivity contribution < 1.29 is 9.53 Å². The van der Waals surface area contributed by atoms with Crippen LogP contribution in [0.5, 0.6) is 5.75 Å². The van der Waals surface area contributed by atoms with Gasteiger partial charge in [-0.2, -0.15) is 0 Å². The third-order valence-corrected chi connectivity index (χ3v) is 5.53. The Morgan fingerprint density at radius 1 is 0.719 bits per heavy atom. The van der Waals surface area contributed by atoms with Crippen molar-refractivity contribution in [2.75, 3.05) is 0 Å². The Morgan fingerprint density at radius 3 is 2.00 bits per heavy atom. The molecule has 0 radical (unpaired) electrons. The highest BCUT2D eigenvalue weighted by atomic mass is 35.5. The Kier molecular flexibility index (Phi) is 4.19. The second-order valence-corrected chi connectivity index (χ2v) is 7.70. The van der Waals surface area contributed by atoms with Crippen molar-refractivity contribution in [3.63, 3.8) is 0 Å². The maximum absolute atomic E-state index is 12.7. The summed E-state index contributed by atoms with van der Waals surface area (Å²) in [5, 5.41) is 2.50. The molecule has 0 unspecified atom stereocenters. The highest BCUT2D eigenvalue weighted by molar-refractivity contribution is 6.30. The first-order chi connectivity index (χ1) is 15.7. The summed E-state index contributed by atoms with van der Waals surface area (Å²) in [4.78, 5) is 31.4. The number of nitrogens with zero attached hydrogens (tertiary/aromatic N) is 4. The molecule has 0 amide bonds. The minimum atomic E-state index is -0.487. The molecule has 3 heterocycles. The zero-order chi connectivity index (χ0) is 21.7. The van der Waals surface area contributed by atoms with Crippen LogP contribution in [0.2, 0.25) is 5.02 Å². The average Bonchev–Trinajstić information content (AvgIpc) is 2.84. The van der Waals surface area contributed by atoms with Gasteiger partial charge in [0.2, 0.25) is 0 Å². The fourth-order valence-electron chi connectivity index (χ4n) is 3.80. The van der Waals surface area contributed by atoms with Gasteiger partial charge in [0.05, 0.1) is 27.6 Å². The van der Waals surface area contributed by atoms with Crippen LogP contribution in [0.3, 0.4) is 0 Å². The monoisotopic (exact) mass is 436 g/mol. The SMILES string of the molecule is O=C(Oc1ccc(Cl)cc1)c1ccc2nc3c4ncccc4c4cccnc4c3nc2c1. The molecule has 0 saturated heterocycles. The van der Waals surface area contributed by atoms with Gasteiger partial charge in [0.1, 0.15) is 16.8 Å². The number of halogens is 1. The molecule has 32 heavy (non-hydrogen) atoms. The summed E-state index contributed by atoms with van der Waals surface area (Å²) in [5.74, 6) is -0.0730. The normalized spacial score (nSPS) is 11.4. The van der Waals surface area contributed by atoms with E-state index in [1.54, 1.807) is 54.9 Å². The summed E-state index contributed by atoms with van der Waals surface area (Å²) in [5.41, 5.74) is 4.43. The lowest BCUT2D eigenvalue weighted by Crippen LogP contribution is -2.08. The zero-order valence-corrected chi connectivity index (χ0v) is 17.2. The van der Waals surface area contributed by atoms with Gasteiger partial charge in [0.25, 0.3) is 0 Å². The number of pyridine rings is 2. The maximum Gasteiger partial charge on any atom is 0.343 e. The van der Waals surface area contributed by atoms with E-state index in [-0.39, 0.29) is 0 Å². The van der Waals surface area contributed by atoms with Crippen LogP contribution in [0.4, 0.5) is 0 Å². The second kappa shape index (κ2) is 7.21. The molecule has 0 aliphatic heterocycles. The fourth-order valence-corrected chi connectivity index (χ4v) is 3.93. The van der Waals surface area contributed by atoms with E-state index in [9.17, 15) is 4.79 Å². The van der Waals surface area contributed by atoms with E-state index >= 15 is 0 Å². The van der Waals surface area contributed by atoms with Crippen molar-refractivity contribution in [2.24, 2.45) is 0 Å². The fraction of sp³-hybridized carbons (Fsp3) is 0. The Morgan fingerprint density at radius 2 is 1.34 bits per heavy atom. The molecule has 0 aliphatic rings. The second-order valence-electron chi connectivity index (χ2n) is 7.27. The summed E-state index contributed by atoms with van der Waals surface area (Å²) < 4.78 is 5.45. The first-order valence-electron chi connectivity index (χ1n) is 9.88. The highest BCUT2D eigenvalue weighted by Gasteiger charge is 2.15. The van der Waals surface area contributed by atoms with Gasteiger partial charge in [-0.25, -0.2) is 14.8 Å². The van der Waals surface area contributed by atoms with Crippen LogP contribution in [0.15, 0.2) is 79.1 Å². The molecule has 152 valence electrons. The van der Waals surface area contributed by atoms with Crippen LogP contribution >= 0.6 is 11.6 Å². The summed E-state index contributed by atoms with van der Waals surface area (Å²) in [7, 11) is 0. The molecule has 6 aromatic rings. The van der Waals surface area contributed by atoms with Gasteiger partial charge in [-0.05, 0) is 54.6 Å². The molecule has 3 aromatic carbocycles. The van der Waals surface area contributed by atoms with Gasteiger partial charge in [0.15, 0.2) is 0 Å². The molecule has 0 aliphatic carbocycles. The third-order valence-electron chi connectivity index (χ3n) is 5.28. The quantitative estimate of drug-likeness (QED) is 0.149. The van der Waals surface area contributed by atoms with E-state index < -0.39 is 5.97 Å². The number of carbonyl (C=O) groups excluding carboxylic acids is 1. The molecular weight excluding hydrogens is 424 g/mol. The predicted molar refractivity (Wildman–Crippen MR) is 124 cm³/mol. The summed E-state index contributed by atoms with van der Waals surface area (Å²) >= 11 is 5.89.